The summed E-state index contributed by atoms with van der Waals surface area (Å²) < 4.78 is 15.2. The molecule has 0 amide bonds. The molecule has 0 heterocycles. The molecule has 62 valence electrons. The molecule has 1 N–H and O–H groups in total. The Hall–Kier alpha value is 0.110. The molecule has 10 heavy (non-hydrogen) atoms. The number of hydrogen-bond donors (Lipinski definition) is 1. The average molecular weight is 166 g/mol. The second-order valence-electron chi connectivity index (χ2n) is 2.20. The molecule has 0 saturated carbocycles. The van der Waals surface area contributed by atoms with Gasteiger partial charge in [0.05, 0.1) is 6.61 Å². The minimum Gasteiger partial charge on any atom is -0.766 e. The molecule has 0 saturated heterocycles. The van der Waals surface area contributed by atoms with Gasteiger partial charge in [0.15, 0.2) is 0 Å². The van der Waals surface area contributed by atoms with Crippen molar-refractivity contribution in [2.24, 2.45) is 0 Å². The van der Waals surface area contributed by atoms with Gasteiger partial charge in [0.25, 0.3) is 0 Å². The van der Waals surface area contributed by atoms with Crippen LogP contribution in [0, 0.1) is 0 Å². The van der Waals surface area contributed by atoms with Gasteiger partial charge in [-0.25, -0.2) is 0 Å². The SMILES string of the molecule is CCOP(=O)([O-])NC(C)C. The van der Waals surface area contributed by atoms with E-state index >= 15 is 0 Å². The Labute approximate surface area is 61.2 Å². The summed E-state index contributed by atoms with van der Waals surface area (Å²) in [6.07, 6.45) is 0. The zero-order chi connectivity index (χ0) is 8.20. The molecule has 1 atom stereocenters. The minimum absolute atomic E-state index is 0.102. The predicted octanol–water partition coefficient (Wildman–Crippen LogP) is 0.489. The quantitative estimate of drug-likeness (QED) is 0.617. The third kappa shape index (κ3) is 4.94. The van der Waals surface area contributed by atoms with Gasteiger partial charge in [-0.3, -0.25) is 9.65 Å². The maximum absolute atomic E-state index is 10.7. The molecule has 5 heteroatoms. The molecule has 0 aliphatic carbocycles. The first-order chi connectivity index (χ1) is 4.48. The van der Waals surface area contributed by atoms with Gasteiger partial charge in [0.1, 0.15) is 0 Å². The molecule has 0 aliphatic rings. The van der Waals surface area contributed by atoms with E-state index in [4.69, 9.17) is 0 Å². The monoisotopic (exact) mass is 166 g/mol. The Morgan fingerprint density at radius 3 is 2.50 bits per heavy atom. The highest BCUT2D eigenvalue weighted by molar-refractivity contribution is 7.49. The van der Waals surface area contributed by atoms with Crippen LogP contribution in [0.2, 0.25) is 0 Å². The fraction of sp³-hybridized carbons (Fsp3) is 1.00. The number of nitrogens with one attached hydrogen (secondary N) is 1. The fourth-order valence-electron chi connectivity index (χ4n) is 0.523. The zero-order valence-corrected chi connectivity index (χ0v) is 7.35. The van der Waals surface area contributed by atoms with E-state index in [0.29, 0.717) is 0 Å². The van der Waals surface area contributed by atoms with Crippen LogP contribution < -0.4 is 9.98 Å². The first kappa shape index (κ1) is 10.1. The van der Waals surface area contributed by atoms with E-state index in [9.17, 15) is 9.46 Å². The van der Waals surface area contributed by atoms with Crippen molar-refractivity contribution in [2.75, 3.05) is 6.61 Å². The van der Waals surface area contributed by atoms with Crippen LogP contribution in [0.4, 0.5) is 0 Å². The maximum atomic E-state index is 10.7. The molecule has 0 aliphatic heterocycles. The third-order valence-electron chi connectivity index (χ3n) is 0.715. The summed E-state index contributed by atoms with van der Waals surface area (Å²) in [7, 11) is -3.75. The topological polar surface area (TPSA) is 61.4 Å². The van der Waals surface area contributed by atoms with Crippen LogP contribution in [0.3, 0.4) is 0 Å². The lowest BCUT2D eigenvalue weighted by molar-refractivity contribution is -0.202. The summed E-state index contributed by atoms with van der Waals surface area (Å²) in [5.74, 6) is 0. The van der Waals surface area contributed by atoms with Gasteiger partial charge in [-0.05, 0) is 20.8 Å². The molecule has 0 aromatic heterocycles. The summed E-state index contributed by atoms with van der Waals surface area (Å²) in [4.78, 5) is 10.7. The Bertz CT molecular complexity index is 137. The molecule has 0 aromatic rings. The maximum Gasteiger partial charge on any atom is 0.204 e. The van der Waals surface area contributed by atoms with E-state index in [2.05, 4.69) is 9.61 Å². The predicted molar refractivity (Wildman–Crippen MR) is 37.5 cm³/mol. The van der Waals surface area contributed by atoms with Crippen LogP contribution in [0.25, 0.3) is 0 Å². The van der Waals surface area contributed by atoms with Crippen LogP contribution >= 0.6 is 7.75 Å². The number of rotatable bonds is 4. The summed E-state index contributed by atoms with van der Waals surface area (Å²) in [5.41, 5.74) is 0. The Morgan fingerprint density at radius 2 is 2.20 bits per heavy atom. The van der Waals surface area contributed by atoms with Gasteiger partial charge >= 0.3 is 0 Å². The molecule has 0 radical (unpaired) electrons. The molecule has 1 unspecified atom stereocenters. The molecule has 0 spiro atoms. The molecule has 0 fully saturated rings. The van der Waals surface area contributed by atoms with Crippen LogP contribution in [0.15, 0.2) is 0 Å². The van der Waals surface area contributed by atoms with E-state index in [1.165, 1.54) is 0 Å². The van der Waals surface area contributed by atoms with E-state index in [0.717, 1.165) is 0 Å². The molecular weight excluding hydrogens is 153 g/mol. The summed E-state index contributed by atoms with van der Waals surface area (Å²) in [6.45, 7) is 5.29. The second kappa shape index (κ2) is 4.09. The summed E-state index contributed by atoms with van der Waals surface area (Å²) >= 11 is 0. The van der Waals surface area contributed by atoms with Gasteiger partial charge in [-0.2, -0.15) is 0 Å². The molecule has 0 aromatic carbocycles. The van der Waals surface area contributed by atoms with Crippen molar-refractivity contribution in [3.63, 3.8) is 0 Å². The molecule has 0 bridgehead atoms. The normalized spacial score (nSPS) is 17.3. The highest BCUT2D eigenvalue weighted by Crippen LogP contribution is 2.31. The first-order valence-electron chi connectivity index (χ1n) is 3.21. The van der Waals surface area contributed by atoms with Crippen molar-refractivity contribution in [2.45, 2.75) is 26.8 Å². The lowest BCUT2D eigenvalue weighted by Crippen LogP contribution is -2.27. The van der Waals surface area contributed by atoms with Crippen LogP contribution in [-0.4, -0.2) is 12.6 Å². The smallest absolute Gasteiger partial charge is 0.204 e. The Balaban J connectivity index is 3.75. The first-order valence-corrected chi connectivity index (χ1v) is 4.75. The molecular formula is C5H13NO3P-. The van der Waals surface area contributed by atoms with Crippen LogP contribution in [0.5, 0.6) is 0 Å². The molecule has 4 nitrogen and oxygen atoms in total. The summed E-state index contributed by atoms with van der Waals surface area (Å²) in [5, 5.41) is 2.30. The fourth-order valence-corrected chi connectivity index (χ4v) is 1.57. The number of hydrogen-bond acceptors (Lipinski definition) is 3. The average Bonchev–Trinajstić information content (AvgIpc) is 1.59. The molecule has 0 rings (SSSR count). The highest BCUT2D eigenvalue weighted by Gasteiger charge is 2.06. The van der Waals surface area contributed by atoms with E-state index in [-0.39, 0.29) is 12.6 Å². The summed E-state index contributed by atoms with van der Waals surface area (Å²) in [6, 6.07) is -0.102. The van der Waals surface area contributed by atoms with E-state index in [1.54, 1.807) is 20.8 Å². The van der Waals surface area contributed by atoms with Crippen molar-refractivity contribution in [3.05, 3.63) is 0 Å². The van der Waals surface area contributed by atoms with Crippen molar-refractivity contribution in [1.82, 2.24) is 5.09 Å². The Kier molecular flexibility index (Phi) is 4.13. The van der Waals surface area contributed by atoms with E-state index < -0.39 is 7.75 Å². The lowest BCUT2D eigenvalue weighted by atomic mass is 10.4. The van der Waals surface area contributed by atoms with E-state index in [1.807, 2.05) is 0 Å². The largest absolute Gasteiger partial charge is 0.766 e. The lowest BCUT2D eigenvalue weighted by Gasteiger charge is -2.25. The standard InChI is InChI=1S/C5H14NO3P/c1-4-9-10(7,8)6-5(2)3/h5H,4H2,1-3H3,(H2,6,7,8)/p-1. The van der Waals surface area contributed by atoms with Gasteiger partial charge < -0.3 is 9.42 Å². The Morgan fingerprint density at radius 1 is 1.70 bits per heavy atom. The third-order valence-corrected chi connectivity index (χ3v) is 2.15. The van der Waals surface area contributed by atoms with Gasteiger partial charge in [-0.15, -0.1) is 0 Å². The van der Waals surface area contributed by atoms with Crippen molar-refractivity contribution >= 4 is 7.75 Å². The second-order valence-corrected chi connectivity index (χ2v) is 3.71. The van der Waals surface area contributed by atoms with Crippen LogP contribution in [-0.2, 0) is 9.09 Å². The minimum atomic E-state index is -3.75. The van der Waals surface area contributed by atoms with Gasteiger partial charge in [0.2, 0.25) is 7.75 Å². The zero-order valence-electron chi connectivity index (χ0n) is 6.46. The highest BCUT2D eigenvalue weighted by atomic mass is 31.2. The van der Waals surface area contributed by atoms with Crippen molar-refractivity contribution in [3.8, 4) is 0 Å². The van der Waals surface area contributed by atoms with Gasteiger partial charge in [-0.1, -0.05) is 0 Å². The van der Waals surface area contributed by atoms with Gasteiger partial charge in [0, 0.05) is 6.04 Å². The van der Waals surface area contributed by atoms with Crippen molar-refractivity contribution in [1.29, 1.82) is 0 Å². The van der Waals surface area contributed by atoms with Crippen LogP contribution in [0.1, 0.15) is 20.8 Å². The van der Waals surface area contributed by atoms with Crippen molar-refractivity contribution < 1.29 is 14.0 Å².